The molecule has 1 nitrogen and oxygen atoms in total. The number of nitrogens with two attached hydrogens (primary N) is 1. The molecule has 0 aliphatic rings. The van der Waals surface area contributed by atoms with Crippen molar-refractivity contribution < 1.29 is 17.6 Å². The lowest BCUT2D eigenvalue weighted by Gasteiger charge is -2.38. The van der Waals surface area contributed by atoms with E-state index in [0.29, 0.717) is 0 Å². The second-order valence-electron chi connectivity index (χ2n) is 5.30. The topological polar surface area (TPSA) is 26.0 Å². The first-order valence-corrected chi connectivity index (χ1v) is 5.60. The van der Waals surface area contributed by atoms with Gasteiger partial charge in [0.2, 0.25) is 0 Å². The molecule has 1 rings (SSSR count). The Bertz CT molecular complexity index is 420. The minimum absolute atomic E-state index is 0.396. The molecule has 0 fully saturated rings. The molecule has 1 aromatic rings. The Labute approximate surface area is 104 Å². The summed E-state index contributed by atoms with van der Waals surface area (Å²) in [5, 5.41) is 0. The lowest BCUT2D eigenvalue weighted by Crippen LogP contribution is -2.43. The third-order valence-corrected chi connectivity index (χ3v) is 3.13. The van der Waals surface area contributed by atoms with Crippen molar-refractivity contribution in [2.24, 2.45) is 11.1 Å². The lowest BCUT2D eigenvalue weighted by atomic mass is 9.72. The van der Waals surface area contributed by atoms with Crippen molar-refractivity contribution in [2.75, 3.05) is 6.54 Å². The van der Waals surface area contributed by atoms with Crippen molar-refractivity contribution in [2.45, 2.75) is 32.6 Å². The van der Waals surface area contributed by atoms with Crippen LogP contribution >= 0.6 is 0 Å². The Morgan fingerprint density at radius 3 is 1.72 bits per heavy atom. The van der Waals surface area contributed by atoms with Crippen molar-refractivity contribution in [1.29, 1.82) is 0 Å². The van der Waals surface area contributed by atoms with Gasteiger partial charge in [-0.25, -0.2) is 4.39 Å². The van der Waals surface area contributed by atoms with Gasteiger partial charge in [0.25, 0.3) is 0 Å². The Hall–Kier alpha value is -1.10. The van der Waals surface area contributed by atoms with E-state index >= 15 is 0 Å². The maximum atomic E-state index is 14.9. The SMILES string of the molecule is CC(C)(C)C(F)(CN)c1ccccc1C(F)(F)F. The van der Waals surface area contributed by atoms with Crippen molar-refractivity contribution in [3.63, 3.8) is 0 Å². The van der Waals surface area contributed by atoms with E-state index in [1.165, 1.54) is 32.9 Å². The van der Waals surface area contributed by atoms with Gasteiger partial charge in [0.15, 0.2) is 5.67 Å². The van der Waals surface area contributed by atoms with Crippen molar-refractivity contribution >= 4 is 0 Å². The first-order chi connectivity index (χ1) is 8.04. The molecule has 5 heteroatoms. The second kappa shape index (κ2) is 4.53. The van der Waals surface area contributed by atoms with Crippen LogP contribution in [0, 0.1) is 5.41 Å². The summed E-state index contributed by atoms with van der Waals surface area (Å²) in [6, 6.07) is 4.66. The Kier molecular flexibility index (Phi) is 3.77. The maximum absolute atomic E-state index is 14.9. The molecule has 0 radical (unpaired) electrons. The first-order valence-electron chi connectivity index (χ1n) is 5.60. The van der Waals surface area contributed by atoms with Crippen LogP contribution in [0.15, 0.2) is 24.3 Å². The maximum Gasteiger partial charge on any atom is 0.416 e. The molecule has 2 N–H and O–H groups in total. The van der Waals surface area contributed by atoms with E-state index in [9.17, 15) is 17.6 Å². The molecule has 0 aliphatic heterocycles. The monoisotopic (exact) mass is 263 g/mol. The highest BCUT2D eigenvalue weighted by molar-refractivity contribution is 5.36. The summed E-state index contributed by atoms with van der Waals surface area (Å²) < 4.78 is 53.6. The van der Waals surface area contributed by atoms with Crippen LogP contribution in [0.1, 0.15) is 31.9 Å². The standard InChI is InChI=1S/C13H17F4N/c1-11(2,3)12(14,8-18)9-6-4-5-7-10(9)13(15,16)17/h4-7H,8,18H2,1-3H3. The number of rotatable bonds is 2. The number of alkyl halides is 4. The fourth-order valence-corrected chi connectivity index (χ4v) is 1.90. The third-order valence-electron chi connectivity index (χ3n) is 3.13. The molecule has 0 bridgehead atoms. The quantitative estimate of drug-likeness (QED) is 0.805. The largest absolute Gasteiger partial charge is 0.416 e. The smallest absolute Gasteiger partial charge is 0.327 e. The molecule has 102 valence electrons. The summed E-state index contributed by atoms with van der Waals surface area (Å²) >= 11 is 0. The summed E-state index contributed by atoms with van der Waals surface area (Å²) in [5.74, 6) is 0. The van der Waals surface area contributed by atoms with E-state index < -0.39 is 34.9 Å². The van der Waals surface area contributed by atoms with E-state index in [4.69, 9.17) is 5.73 Å². The highest BCUT2D eigenvalue weighted by atomic mass is 19.4. The predicted octanol–water partition coefficient (Wildman–Crippen LogP) is 3.88. The van der Waals surface area contributed by atoms with Gasteiger partial charge in [-0.3, -0.25) is 0 Å². The highest BCUT2D eigenvalue weighted by Crippen LogP contribution is 2.46. The van der Waals surface area contributed by atoms with Crippen LogP contribution in [-0.4, -0.2) is 6.54 Å². The highest BCUT2D eigenvalue weighted by Gasteiger charge is 2.48. The minimum atomic E-state index is -4.59. The summed E-state index contributed by atoms with van der Waals surface area (Å²) in [6.45, 7) is 4.11. The van der Waals surface area contributed by atoms with Crippen molar-refractivity contribution in [3.05, 3.63) is 35.4 Å². The fraction of sp³-hybridized carbons (Fsp3) is 0.538. The van der Waals surface area contributed by atoms with Gasteiger partial charge in [-0.2, -0.15) is 13.2 Å². The molecule has 0 saturated heterocycles. The number of halogens is 4. The van der Waals surface area contributed by atoms with Crippen molar-refractivity contribution in [1.82, 2.24) is 0 Å². The van der Waals surface area contributed by atoms with Gasteiger partial charge in [0.05, 0.1) is 5.56 Å². The molecule has 1 aromatic carbocycles. The van der Waals surface area contributed by atoms with Gasteiger partial charge in [-0.15, -0.1) is 0 Å². The molecule has 0 spiro atoms. The molecular formula is C13H17F4N. The summed E-state index contributed by atoms with van der Waals surface area (Å²) in [7, 11) is 0. The third kappa shape index (κ3) is 2.51. The van der Waals surface area contributed by atoms with Crippen LogP contribution in [0.4, 0.5) is 17.6 Å². The average molecular weight is 263 g/mol. The van der Waals surface area contributed by atoms with E-state index in [2.05, 4.69) is 0 Å². The van der Waals surface area contributed by atoms with E-state index in [1.807, 2.05) is 0 Å². The minimum Gasteiger partial charge on any atom is -0.327 e. The molecule has 18 heavy (non-hydrogen) atoms. The molecule has 0 aliphatic carbocycles. The van der Waals surface area contributed by atoms with Gasteiger partial charge in [0, 0.05) is 17.5 Å². The second-order valence-corrected chi connectivity index (χ2v) is 5.30. The molecular weight excluding hydrogens is 246 g/mol. The van der Waals surface area contributed by atoms with Crippen molar-refractivity contribution in [3.8, 4) is 0 Å². The van der Waals surface area contributed by atoms with Gasteiger partial charge in [-0.05, 0) is 6.07 Å². The van der Waals surface area contributed by atoms with E-state index in [0.717, 1.165) is 12.1 Å². The zero-order valence-electron chi connectivity index (χ0n) is 10.6. The van der Waals surface area contributed by atoms with Crippen LogP contribution in [0.3, 0.4) is 0 Å². The van der Waals surface area contributed by atoms with Gasteiger partial charge < -0.3 is 5.73 Å². The van der Waals surface area contributed by atoms with Gasteiger partial charge in [-0.1, -0.05) is 39.0 Å². The van der Waals surface area contributed by atoms with Crippen LogP contribution in [-0.2, 0) is 11.8 Å². The van der Waals surface area contributed by atoms with Crippen LogP contribution in [0.5, 0.6) is 0 Å². The number of hydrogen-bond donors (Lipinski definition) is 1. The number of hydrogen-bond acceptors (Lipinski definition) is 1. The molecule has 0 amide bonds. The van der Waals surface area contributed by atoms with Gasteiger partial charge >= 0.3 is 6.18 Å². The van der Waals surface area contributed by atoms with Crippen LogP contribution in [0.2, 0.25) is 0 Å². The summed E-state index contributed by atoms with van der Waals surface area (Å²) in [5.41, 5.74) is 0.786. The molecule has 0 aromatic heterocycles. The molecule has 1 atom stereocenters. The zero-order chi connectivity index (χ0) is 14.2. The fourth-order valence-electron chi connectivity index (χ4n) is 1.90. The van der Waals surface area contributed by atoms with Crippen LogP contribution in [0.25, 0.3) is 0 Å². The molecule has 0 saturated carbocycles. The Morgan fingerprint density at radius 2 is 1.39 bits per heavy atom. The Balaban J connectivity index is 3.50. The van der Waals surface area contributed by atoms with E-state index in [1.54, 1.807) is 0 Å². The number of benzene rings is 1. The average Bonchev–Trinajstić information content (AvgIpc) is 2.25. The molecule has 0 heterocycles. The van der Waals surface area contributed by atoms with E-state index in [-0.39, 0.29) is 0 Å². The van der Waals surface area contributed by atoms with Gasteiger partial charge in [0.1, 0.15) is 0 Å². The normalized spacial score (nSPS) is 16.4. The van der Waals surface area contributed by atoms with Crippen LogP contribution < -0.4 is 5.73 Å². The summed E-state index contributed by atoms with van der Waals surface area (Å²) in [4.78, 5) is 0. The first kappa shape index (κ1) is 15.0. The summed E-state index contributed by atoms with van der Waals surface area (Å²) in [6.07, 6.45) is -4.59. The lowest BCUT2D eigenvalue weighted by molar-refractivity contribution is -0.140. The Morgan fingerprint density at radius 1 is 0.944 bits per heavy atom. The zero-order valence-corrected chi connectivity index (χ0v) is 10.6. The molecule has 1 unspecified atom stereocenters. The predicted molar refractivity (Wildman–Crippen MR) is 62.7 cm³/mol.